The first-order valence-corrected chi connectivity index (χ1v) is 16.1. The van der Waals surface area contributed by atoms with Crippen LogP contribution in [0, 0.1) is 22.7 Å². The molecule has 1 atom stereocenters. The number of carbonyl (C=O) groups excluding carboxylic acids is 1. The van der Waals surface area contributed by atoms with E-state index >= 15 is 0 Å². The fourth-order valence-corrected chi connectivity index (χ4v) is 5.74. The average Bonchev–Trinajstić information content (AvgIpc) is 3.77. The number of aryl methyl sites for hydroxylation is 1. The minimum atomic E-state index is -0.299. The fraction of sp³-hybridized carbons (Fsp3) is 0.265. The fourth-order valence-electron chi connectivity index (χ4n) is 4.94. The topological polar surface area (TPSA) is 161 Å². The van der Waals surface area contributed by atoms with E-state index in [4.69, 9.17) is 0 Å². The molecule has 0 radical (unpaired) electrons. The zero-order chi connectivity index (χ0) is 33.0. The molecular weight excluding hydrogens is 611 g/mol. The van der Waals surface area contributed by atoms with Crippen LogP contribution in [-0.2, 0) is 13.6 Å². The highest BCUT2D eigenvalue weighted by Gasteiger charge is 2.20. The van der Waals surface area contributed by atoms with Crippen molar-refractivity contribution in [1.82, 2.24) is 35.0 Å². The quantitative estimate of drug-likeness (QED) is 0.0862. The first-order chi connectivity index (χ1) is 23.0. The van der Waals surface area contributed by atoms with Gasteiger partial charge >= 0.3 is 6.03 Å². The molecule has 0 saturated heterocycles. The second-order valence-corrected chi connectivity index (χ2v) is 11.8. The van der Waals surface area contributed by atoms with E-state index in [9.17, 15) is 15.3 Å². The van der Waals surface area contributed by atoms with Crippen molar-refractivity contribution in [3.8, 4) is 34.0 Å². The van der Waals surface area contributed by atoms with Gasteiger partial charge in [-0.1, -0.05) is 43.7 Å². The number of carbonyl (C=O) groups is 1. The summed E-state index contributed by atoms with van der Waals surface area (Å²) in [4.78, 5) is 32.8. The Balaban J connectivity index is 1.29. The van der Waals surface area contributed by atoms with Gasteiger partial charge in [0.1, 0.15) is 40.8 Å². The Bertz CT molecular complexity index is 1920. The molecule has 0 spiro atoms. The maximum atomic E-state index is 13.4. The summed E-state index contributed by atoms with van der Waals surface area (Å²) in [6, 6.07) is 17.3. The minimum absolute atomic E-state index is 0.0751. The molecule has 0 unspecified atom stereocenters. The third-order valence-corrected chi connectivity index (χ3v) is 8.29. The summed E-state index contributed by atoms with van der Waals surface area (Å²) in [5.41, 5.74) is 3.35. The maximum Gasteiger partial charge on any atom is 0.441 e. The van der Waals surface area contributed by atoms with Crippen molar-refractivity contribution in [2.24, 2.45) is 7.05 Å². The second kappa shape index (κ2) is 16.0. The van der Waals surface area contributed by atoms with E-state index in [2.05, 4.69) is 54.7 Å². The Kier molecular flexibility index (Phi) is 11.1. The van der Waals surface area contributed by atoms with Crippen molar-refractivity contribution < 1.29 is 9.37 Å². The van der Waals surface area contributed by atoms with E-state index in [-0.39, 0.29) is 12.1 Å². The second-order valence-electron chi connectivity index (χ2n) is 10.8. The van der Waals surface area contributed by atoms with Crippen LogP contribution in [0.4, 0.5) is 16.6 Å². The number of benzene rings is 1. The van der Waals surface area contributed by atoms with Gasteiger partial charge in [0.15, 0.2) is 0 Å². The van der Waals surface area contributed by atoms with E-state index in [0.717, 1.165) is 41.7 Å². The highest BCUT2D eigenvalue weighted by Crippen LogP contribution is 2.29. The zero-order valence-electron chi connectivity index (χ0n) is 26.2. The van der Waals surface area contributed by atoms with Gasteiger partial charge in [0, 0.05) is 24.8 Å². The van der Waals surface area contributed by atoms with Crippen LogP contribution in [0.15, 0.2) is 73.4 Å². The Morgan fingerprint density at radius 1 is 1.04 bits per heavy atom. The lowest BCUT2D eigenvalue weighted by Gasteiger charge is -2.18. The maximum absolute atomic E-state index is 13.4. The number of anilines is 1. The molecule has 0 fully saturated rings. The van der Waals surface area contributed by atoms with Gasteiger partial charge in [0.2, 0.25) is 5.95 Å². The molecule has 5 rings (SSSR count). The Hall–Kier alpha value is -5.79. The van der Waals surface area contributed by atoms with E-state index in [1.165, 1.54) is 22.1 Å². The number of nitriles is 2. The number of amides is 2. The molecule has 5 aromatic rings. The van der Waals surface area contributed by atoms with Crippen molar-refractivity contribution in [2.45, 2.75) is 51.6 Å². The Morgan fingerprint density at radius 2 is 1.89 bits per heavy atom. The van der Waals surface area contributed by atoms with Crippen molar-refractivity contribution in [3.05, 3.63) is 89.5 Å². The predicted octanol–water partition coefficient (Wildman–Crippen LogP) is 6.21. The number of hydrogen-bond donors (Lipinski definition) is 2. The Labute approximate surface area is 277 Å². The highest BCUT2D eigenvalue weighted by molar-refractivity contribution is 7.16. The minimum Gasteiger partial charge on any atom is -0.351 e. The van der Waals surface area contributed by atoms with Crippen LogP contribution in [0.1, 0.15) is 55.0 Å². The number of nitrogens with zero attached hydrogens (tertiary/aromatic N) is 9. The van der Waals surface area contributed by atoms with Crippen molar-refractivity contribution in [2.75, 3.05) is 5.32 Å². The van der Waals surface area contributed by atoms with Crippen LogP contribution in [0.3, 0.4) is 0 Å². The molecule has 4 heterocycles. The third-order valence-electron chi connectivity index (χ3n) is 7.29. The standard InChI is InChI=1S/C34H33N11OS/c1-3-9-27(42-33-39-19-25(16-35)32(43-33)30-14-13-28(17-36)47-30)12-7-8-15-45(34(46)40-18-24-10-5-4-6-11-24)31-22-37-29(21-38-31)26-20-41-44(2)23-26/h4-6,10-11,13-15,19-23,27H,3,7-9,12,18H2,1-2H3,(H-,39,40,42,43,46)/p+1/b45-15-/t27-/m1/s1. The molecule has 2 N–H and O–H groups in total. The number of aromatic nitrogens is 6. The van der Waals surface area contributed by atoms with Gasteiger partial charge in [-0.05, 0) is 43.4 Å². The smallest absolute Gasteiger partial charge is 0.351 e. The predicted molar refractivity (Wildman–Crippen MR) is 180 cm³/mol. The summed E-state index contributed by atoms with van der Waals surface area (Å²) in [5.74, 6) is 0.845. The van der Waals surface area contributed by atoms with Crippen LogP contribution in [0.2, 0.25) is 0 Å². The average molecular weight is 645 g/mol. The molecular formula is C34H34N11OS+. The lowest BCUT2D eigenvalue weighted by Crippen LogP contribution is -2.31. The van der Waals surface area contributed by atoms with Crippen LogP contribution >= 0.6 is 11.3 Å². The number of urea groups is 1. The number of rotatable bonds is 13. The lowest BCUT2D eigenvalue weighted by molar-refractivity contribution is -0.335. The van der Waals surface area contributed by atoms with Crippen LogP contribution < -0.4 is 10.6 Å². The summed E-state index contributed by atoms with van der Waals surface area (Å²) in [5, 5.41) is 29.5. The third kappa shape index (κ3) is 8.69. The lowest BCUT2D eigenvalue weighted by atomic mass is 10.1. The molecule has 13 heteroatoms. The van der Waals surface area contributed by atoms with Gasteiger partial charge in [-0.3, -0.25) is 10.00 Å². The first kappa shape index (κ1) is 32.6. The summed E-state index contributed by atoms with van der Waals surface area (Å²) >= 11 is 1.29. The number of unbranched alkanes of at least 4 members (excludes halogenated alkanes) is 1. The highest BCUT2D eigenvalue weighted by atomic mass is 32.1. The summed E-state index contributed by atoms with van der Waals surface area (Å²) in [6.07, 6.45) is 14.2. The van der Waals surface area contributed by atoms with Crippen molar-refractivity contribution >= 4 is 35.3 Å². The normalized spacial score (nSPS) is 11.8. The summed E-state index contributed by atoms with van der Waals surface area (Å²) in [6.45, 7) is 2.50. The molecule has 2 amide bonds. The Morgan fingerprint density at radius 3 is 2.57 bits per heavy atom. The number of hydrogen-bond acceptors (Lipinski definition) is 10. The van der Waals surface area contributed by atoms with Gasteiger partial charge in [0.05, 0.1) is 35.6 Å². The van der Waals surface area contributed by atoms with Gasteiger partial charge in [-0.15, -0.1) is 16.3 Å². The van der Waals surface area contributed by atoms with Gasteiger partial charge in [0.25, 0.3) is 5.82 Å². The molecule has 47 heavy (non-hydrogen) atoms. The van der Waals surface area contributed by atoms with E-state index in [0.29, 0.717) is 46.6 Å². The van der Waals surface area contributed by atoms with Gasteiger partial charge in [-0.25, -0.2) is 19.7 Å². The van der Waals surface area contributed by atoms with E-state index in [1.807, 2.05) is 49.8 Å². The summed E-state index contributed by atoms with van der Waals surface area (Å²) in [7, 11) is 1.84. The molecule has 4 aromatic heterocycles. The molecule has 12 nitrogen and oxygen atoms in total. The van der Waals surface area contributed by atoms with Gasteiger partial charge in [-0.2, -0.15) is 20.2 Å². The largest absolute Gasteiger partial charge is 0.441 e. The van der Waals surface area contributed by atoms with Crippen molar-refractivity contribution in [3.63, 3.8) is 0 Å². The number of thiophene rings is 1. The molecule has 1 aromatic carbocycles. The molecule has 0 aliphatic rings. The molecule has 0 aliphatic carbocycles. The van der Waals surface area contributed by atoms with E-state index in [1.54, 1.807) is 35.4 Å². The van der Waals surface area contributed by atoms with Crippen LogP contribution in [-0.4, -0.2) is 52.6 Å². The molecule has 0 aliphatic heterocycles. The molecule has 0 saturated carbocycles. The van der Waals surface area contributed by atoms with Crippen LogP contribution in [0.5, 0.6) is 0 Å². The first-order valence-electron chi connectivity index (χ1n) is 15.3. The van der Waals surface area contributed by atoms with Gasteiger partial charge < -0.3 is 5.32 Å². The SMILES string of the molecule is CCC[C@H](CCC/C=[N+](\C(=O)NCc1ccccc1)c1cnc(-c2cnn(C)c2)cn1)Nc1ncc(C#N)c(-c2ccc(C#N)s2)n1. The zero-order valence-corrected chi connectivity index (χ0v) is 27.0. The van der Waals surface area contributed by atoms with Crippen LogP contribution in [0.25, 0.3) is 21.8 Å². The monoisotopic (exact) mass is 644 g/mol. The molecule has 236 valence electrons. The summed E-state index contributed by atoms with van der Waals surface area (Å²) < 4.78 is 3.21. The van der Waals surface area contributed by atoms with Crippen molar-refractivity contribution in [1.29, 1.82) is 10.5 Å². The van der Waals surface area contributed by atoms with E-state index < -0.39 is 0 Å². The number of nitrogens with one attached hydrogen (secondary N) is 2. The molecule has 0 bridgehead atoms.